The summed E-state index contributed by atoms with van der Waals surface area (Å²) in [4.78, 5) is 6.65. The van der Waals surface area contributed by atoms with Gasteiger partial charge >= 0.3 is 0 Å². The van der Waals surface area contributed by atoms with E-state index in [2.05, 4.69) is 9.57 Å². The molecule has 0 saturated carbocycles. The topological polar surface area (TPSA) is 73.9 Å². The van der Waals surface area contributed by atoms with Crippen LogP contribution >= 0.6 is 0 Å². The van der Waals surface area contributed by atoms with Crippen LogP contribution in [0, 0.1) is 13.8 Å². The Morgan fingerprint density at radius 2 is 1.78 bits per heavy atom. The molecule has 0 saturated heterocycles. The van der Waals surface area contributed by atoms with Gasteiger partial charge in [0.1, 0.15) is 10.6 Å². The SMILES string of the molecule is COCONS(=O)(=O)c1cc(C)c(C)cc1OC. The molecule has 0 unspecified atom stereocenters. The lowest BCUT2D eigenvalue weighted by atomic mass is 10.1. The van der Waals surface area contributed by atoms with Crippen molar-refractivity contribution in [3.8, 4) is 5.75 Å². The van der Waals surface area contributed by atoms with E-state index in [0.29, 0.717) is 0 Å². The van der Waals surface area contributed by atoms with Crippen molar-refractivity contribution in [2.75, 3.05) is 21.0 Å². The van der Waals surface area contributed by atoms with E-state index in [4.69, 9.17) is 4.74 Å². The van der Waals surface area contributed by atoms with Crippen molar-refractivity contribution in [3.05, 3.63) is 23.3 Å². The Morgan fingerprint density at radius 1 is 1.17 bits per heavy atom. The highest BCUT2D eigenvalue weighted by atomic mass is 32.2. The first-order valence-electron chi connectivity index (χ1n) is 5.20. The summed E-state index contributed by atoms with van der Waals surface area (Å²) in [6.07, 6.45) is 0. The van der Waals surface area contributed by atoms with Crippen LogP contribution in [-0.2, 0) is 19.6 Å². The van der Waals surface area contributed by atoms with Gasteiger partial charge in [0.05, 0.1) is 7.11 Å². The van der Waals surface area contributed by atoms with E-state index in [1.165, 1.54) is 20.3 Å². The van der Waals surface area contributed by atoms with Crippen molar-refractivity contribution in [1.29, 1.82) is 0 Å². The Kier molecular flexibility index (Phi) is 5.09. The van der Waals surface area contributed by atoms with Gasteiger partial charge in [-0.2, -0.15) is 0 Å². The van der Waals surface area contributed by atoms with Crippen molar-refractivity contribution >= 4 is 10.0 Å². The molecule has 0 fully saturated rings. The number of rotatable bonds is 6. The minimum Gasteiger partial charge on any atom is -0.495 e. The molecule has 0 aliphatic rings. The van der Waals surface area contributed by atoms with Crippen molar-refractivity contribution in [1.82, 2.24) is 4.89 Å². The van der Waals surface area contributed by atoms with Gasteiger partial charge in [0, 0.05) is 7.11 Å². The maximum Gasteiger partial charge on any atom is 0.266 e. The molecule has 0 atom stereocenters. The zero-order valence-corrected chi connectivity index (χ0v) is 11.6. The van der Waals surface area contributed by atoms with Gasteiger partial charge in [0.2, 0.25) is 0 Å². The summed E-state index contributed by atoms with van der Waals surface area (Å²) in [5.41, 5.74) is 1.80. The highest BCUT2D eigenvalue weighted by Gasteiger charge is 2.20. The number of methoxy groups -OCH3 is 2. The van der Waals surface area contributed by atoms with Crippen LogP contribution in [0.3, 0.4) is 0 Å². The third-order valence-corrected chi connectivity index (χ3v) is 3.65. The first kappa shape index (κ1) is 14.9. The zero-order chi connectivity index (χ0) is 13.8. The van der Waals surface area contributed by atoms with E-state index >= 15 is 0 Å². The van der Waals surface area contributed by atoms with Gasteiger partial charge < -0.3 is 9.47 Å². The van der Waals surface area contributed by atoms with Crippen molar-refractivity contribution < 1.29 is 22.7 Å². The van der Waals surface area contributed by atoms with E-state index < -0.39 is 10.0 Å². The van der Waals surface area contributed by atoms with Crippen molar-refractivity contribution in [2.24, 2.45) is 0 Å². The van der Waals surface area contributed by atoms with E-state index in [9.17, 15) is 8.42 Å². The van der Waals surface area contributed by atoms with E-state index in [1.807, 2.05) is 18.7 Å². The van der Waals surface area contributed by atoms with Crippen LogP contribution in [0.2, 0.25) is 0 Å². The van der Waals surface area contributed by atoms with Crippen molar-refractivity contribution in [3.63, 3.8) is 0 Å². The zero-order valence-electron chi connectivity index (χ0n) is 10.8. The molecule has 0 aliphatic carbocycles. The van der Waals surface area contributed by atoms with Gasteiger partial charge in [-0.1, -0.05) is 4.89 Å². The molecule has 6 nitrogen and oxygen atoms in total. The lowest BCUT2D eigenvalue weighted by Gasteiger charge is -2.12. The second-order valence-corrected chi connectivity index (χ2v) is 5.34. The maximum atomic E-state index is 12.0. The van der Waals surface area contributed by atoms with E-state index in [-0.39, 0.29) is 17.4 Å². The maximum absolute atomic E-state index is 12.0. The van der Waals surface area contributed by atoms with Crippen LogP contribution in [0.4, 0.5) is 0 Å². The molecular weight excluding hydrogens is 258 g/mol. The Labute approximate surface area is 107 Å². The molecule has 0 aromatic heterocycles. The Bertz CT molecular complexity index is 512. The number of ether oxygens (including phenoxy) is 2. The molecular formula is C11H17NO5S. The summed E-state index contributed by atoms with van der Waals surface area (Å²) in [5.74, 6) is 0.270. The fourth-order valence-electron chi connectivity index (χ4n) is 1.34. The number of sulfonamides is 1. The normalized spacial score (nSPS) is 11.6. The van der Waals surface area contributed by atoms with E-state index in [0.717, 1.165) is 11.1 Å². The summed E-state index contributed by atoms with van der Waals surface area (Å²) in [6, 6.07) is 3.20. The molecule has 1 rings (SSSR count). The van der Waals surface area contributed by atoms with Gasteiger partial charge in [-0.05, 0) is 37.1 Å². The number of hydrogen-bond acceptors (Lipinski definition) is 5. The predicted octanol–water partition coefficient (Wildman–Crippen LogP) is 1.13. The highest BCUT2D eigenvalue weighted by Crippen LogP contribution is 2.27. The minimum absolute atomic E-state index is 0.0317. The molecule has 1 N–H and O–H groups in total. The quantitative estimate of drug-likeness (QED) is 0.478. The lowest BCUT2D eigenvalue weighted by molar-refractivity contribution is -0.0541. The van der Waals surface area contributed by atoms with Crippen LogP contribution in [-0.4, -0.2) is 29.4 Å². The first-order valence-corrected chi connectivity index (χ1v) is 6.68. The van der Waals surface area contributed by atoms with Gasteiger partial charge in [-0.25, -0.2) is 8.42 Å². The molecule has 102 valence electrons. The number of nitrogens with one attached hydrogen (secondary N) is 1. The lowest BCUT2D eigenvalue weighted by Crippen LogP contribution is -2.25. The average Bonchev–Trinajstić information content (AvgIpc) is 2.32. The molecule has 0 amide bonds. The monoisotopic (exact) mass is 275 g/mol. The summed E-state index contributed by atoms with van der Waals surface area (Å²) in [7, 11) is -0.982. The fraction of sp³-hybridized carbons (Fsp3) is 0.455. The molecule has 0 aliphatic heterocycles. The molecule has 0 bridgehead atoms. The van der Waals surface area contributed by atoms with Crippen LogP contribution in [0.15, 0.2) is 17.0 Å². The average molecular weight is 275 g/mol. The first-order chi connectivity index (χ1) is 8.42. The van der Waals surface area contributed by atoms with Gasteiger partial charge in [-0.15, -0.1) is 0 Å². The minimum atomic E-state index is -3.79. The molecule has 0 spiro atoms. The fourth-order valence-corrected chi connectivity index (χ4v) is 2.37. The third-order valence-electron chi connectivity index (χ3n) is 2.41. The second-order valence-electron chi connectivity index (χ2n) is 3.72. The molecule has 0 heterocycles. The predicted molar refractivity (Wildman–Crippen MR) is 65.8 cm³/mol. The number of aryl methyl sites for hydroxylation is 2. The Hall–Kier alpha value is -1.15. The third kappa shape index (κ3) is 3.42. The highest BCUT2D eigenvalue weighted by molar-refractivity contribution is 7.89. The molecule has 18 heavy (non-hydrogen) atoms. The number of hydrogen-bond donors (Lipinski definition) is 1. The Morgan fingerprint density at radius 3 is 2.33 bits per heavy atom. The van der Waals surface area contributed by atoms with Gasteiger partial charge in [-0.3, -0.25) is 4.84 Å². The van der Waals surface area contributed by atoms with Crippen LogP contribution in [0.5, 0.6) is 5.75 Å². The smallest absolute Gasteiger partial charge is 0.266 e. The molecule has 0 radical (unpaired) electrons. The Balaban J connectivity index is 3.11. The van der Waals surface area contributed by atoms with Crippen molar-refractivity contribution in [2.45, 2.75) is 18.7 Å². The van der Waals surface area contributed by atoms with E-state index in [1.54, 1.807) is 6.07 Å². The summed E-state index contributed by atoms with van der Waals surface area (Å²) in [5, 5.41) is 0. The van der Waals surface area contributed by atoms with Crippen LogP contribution in [0.1, 0.15) is 11.1 Å². The van der Waals surface area contributed by atoms with Crippen LogP contribution < -0.4 is 9.62 Å². The van der Waals surface area contributed by atoms with Crippen LogP contribution in [0.25, 0.3) is 0 Å². The number of benzene rings is 1. The summed E-state index contributed by atoms with van der Waals surface area (Å²) < 4.78 is 33.6. The standard InChI is InChI=1S/C11H17NO5S/c1-8-5-10(16-4)11(6-9(8)2)18(13,14)12-17-7-15-3/h5-6,12H,7H2,1-4H3. The second kappa shape index (κ2) is 6.14. The summed E-state index contributed by atoms with van der Waals surface area (Å²) >= 11 is 0. The van der Waals surface area contributed by atoms with Gasteiger partial charge in [0.15, 0.2) is 6.79 Å². The largest absolute Gasteiger partial charge is 0.495 e. The molecule has 1 aromatic rings. The summed E-state index contributed by atoms with van der Waals surface area (Å²) in [6.45, 7) is 3.53. The van der Waals surface area contributed by atoms with Gasteiger partial charge in [0.25, 0.3) is 10.0 Å². The molecule has 7 heteroatoms. The molecule has 1 aromatic carbocycles.